The molecule has 4 unspecified atom stereocenters. The second-order valence-electron chi connectivity index (χ2n) is 6.78. The molecule has 6 amide bonds. The summed E-state index contributed by atoms with van der Waals surface area (Å²) in [5.41, 5.74) is 4.87. The van der Waals surface area contributed by atoms with Gasteiger partial charge < -0.3 is 52.7 Å². The molecule has 0 spiro atoms. The summed E-state index contributed by atoms with van der Waals surface area (Å²) in [5.74, 6) is -6.26. The number of carbonyl (C=O) groups is 6. The molecule has 0 aromatic carbocycles. The maximum atomic E-state index is 12.2. The van der Waals surface area contributed by atoms with E-state index in [-0.39, 0.29) is 0 Å². The van der Waals surface area contributed by atoms with E-state index in [0.29, 0.717) is 0 Å². The smallest absolute Gasteiger partial charge is 0.245 e. The monoisotopic (exact) mass is 478 g/mol. The average Bonchev–Trinajstić information content (AvgIpc) is 2.79. The zero-order valence-corrected chi connectivity index (χ0v) is 17.9. The lowest BCUT2D eigenvalue weighted by atomic mass is 10.1. The van der Waals surface area contributed by atoms with Crippen molar-refractivity contribution >= 4 is 35.4 Å². The zero-order valence-electron chi connectivity index (χ0n) is 17.9. The van der Waals surface area contributed by atoms with Crippen LogP contribution >= 0.6 is 0 Å². The first-order valence-electron chi connectivity index (χ1n) is 9.67. The Labute approximate surface area is 188 Å². The summed E-state index contributed by atoms with van der Waals surface area (Å²) in [7, 11) is 0. The Morgan fingerprint density at radius 3 is 1.48 bits per heavy atom. The Hall–Kier alpha value is -3.34. The van der Waals surface area contributed by atoms with Gasteiger partial charge in [-0.25, -0.2) is 0 Å². The highest BCUT2D eigenvalue weighted by molar-refractivity contribution is 5.95. The maximum absolute atomic E-state index is 12.2. The molecule has 0 aliphatic heterocycles. The van der Waals surface area contributed by atoms with Gasteiger partial charge in [-0.3, -0.25) is 28.8 Å². The van der Waals surface area contributed by atoms with Crippen LogP contribution in [0, 0.1) is 5.92 Å². The van der Waals surface area contributed by atoms with Crippen LogP contribution in [-0.2, 0) is 28.8 Å². The number of aliphatic hydroxyl groups excluding tert-OH is 4. The van der Waals surface area contributed by atoms with Gasteiger partial charge in [0.25, 0.3) is 0 Å². The topological polar surface area (TPSA) is 270 Å². The van der Waals surface area contributed by atoms with Gasteiger partial charge in [0.15, 0.2) is 0 Å². The van der Waals surface area contributed by atoms with Gasteiger partial charge in [0.1, 0.15) is 18.1 Å². The van der Waals surface area contributed by atoms with Crippen molar-refractivity contribution in [1.29, 1.82) is 0 Å². The molecule has 0 radical (unpaired) electrons. The Bertz CT molecular complexity index is 718. The van der Waals surface area contributed by atoms with Crippen LogP contribution in [0.25, 0.3) is 0 Å². The molecular formula is C17H30N6O10. The average molecular weight is 478 g/mol. The van der Waals surface area contributed by atoms with Crippen LogP contribution in [0.5, 0.6) is 0 Å². The lowest BCUT2D eigenvalue weighted by Gasteiger charge is -2.21. The van der Waals surface area contributed by atoms with Crippen molar-refractivity contribution in [2.45, 2.75) is 25.0 Å². The third-order valence-corrected chi connectivity index (χ3v) is 4.05. The number of nitrogens with two attached hydrogens (primary N) is 1. The number of hydrogen-bond donors (Lipinski definition) is 10. The summed E-state index contributed by atoms with van der Waals surface area (Å²) in [4.78, 5) is 70.4. The van der Waals surface area contributed by atoms with Gasteiger partial charge in [-0.15, -0.1) is 0 Å². The molecule has 0 heterocycles. The number of aliphatic hydroxyl groups is 4. The summed E-state index contributed by atoms with van der Waals surface area (Å²) in [6.07, 6.45) is 0. The largest absolute Gasteiger partial charge is 0.396 e. The lowest BCUT2D eigenvalue weighted by molar-refractivity contribution is -0.134. The second kappa shape index (κ2) is 15.5. The van der Waals surface area contributed by atoms with E-state index in [9.17, 15) is 44.1 Å². The van der Waals surface area contributed by atoms with Crippen LogP contribution in [0.4, 0.5) is 0 Å². The van der Waals surface area contributed by atoms with Crippen molar-refractivity contribution in [3.05, 3.63) is 0 Å². The minimum Gasteiger partial charge on any atom is -0.396 e. The number of carbonyl (C=O) groups excluding carboxylic acids is 6. The molecule has 0 rings (SSSR count). The van der Waals surface area contributed by atoms with Gasteiger partial charge in [-0.05, 0) is 0 Å². The quantitative estimate of drug-likeness (QED) is 0.106. The predicted molar refractivity (Wildman–Crippen MR) is 109 cm³/mol. The van der Waals surface area contributed by atoms with Gasteiger partial charge in [-0.1, -0.05) is 6.92 Å². The van der Waals surface area contributed by atoms with Crippen LogP contribution in [0.2, 0.25) is 0 Å². The number of nitrogens with one attached hydrogen (secondary N) is 5. The van der Waals surface area contributed by atoms with Crippen molar-refractivity contribution < 1.29 is 49.2 Å². The standard InChI is InChI=1S/C17H30N6O10/c1-8(4-24)14(30)22-9(5-25)16(32)20-3-13(29)21-11(7-27)17(33)23-10(6-26)15(31)19-2-12(18)28/h8-11,24-27H,2-7H2,1H3,(H2,18,28)(H,19,31)(H,20,32)(H,21,29)(H,22,30)(H,23,33). The molecule has 11 N–H and O–H groups in total. The van der Waals surface area contributed by atoms with Gasteiger partial charge in [0, 0.05) is 0 Å². The predicted octanol–water partition coefficient (Wildman–Crippen LogP) is -7.24. The fraction of sp³-hybridized carbons (Fsp3) is 0.647. The molecule has 0 aromatic rings. The van der Waals surface area contributed by atoms with Gasteiger partial charge in [-0.2, -0.15) is 0 Å². The van der Waals surface area contributed by atoms with Gasteiger partial charge in [0.2, 0.25) is 35.4 Å². The SMILES string of the molecule is CC(CO)C(=O)NC(CO)C(=O)NCC(=O)NC(CO)C(=O)NC(CO)C(=O)NCC(N)=O. The van der Waals surface area contributed by atoms with Crippen LogP contribution < -0.4 is 32.3 Å². The molecule has 188 valence electrons. The van der Waals surface area contributed by atoms with Gasteiger partial charge in [0.05, 0.1) is 45.4 Å². The molecule has 0 saturated heterocycles. The normalized spacial score (nSPS) is 14.1. The number of amides is 6. The Balaban J connectivity index is 4.76. The van der Waals surface area contributed by atoms with E-state index in [1.807, 2.05) is 0 Å². The molecule has 0 aromatic heterocycles. The van der Waals surface area contributed by atoms with Crippen molar-refractivity contribution in [1.82, 2.24) is 26.6 Å². The summed E-state index contributed by atoms with van der Waals surface area (Å²) < 4.78 is 0. The fourth-order valence-corrected chi connectivity index (χ4v) is 2.08. The Morgan fingerprint density at radius 1 is 0.636 bits per heavy atom. The third kappa shape index (κ3) is 11.2. The summed E-state index contributed by atoms with van der Waals surface area (Å²) in [6.45, 7) is -2.89. The minimum atomic E-state index is -1.56. The van der Waals surface area contributed by atoms with Crippen molar-refractivity contribution in [3.63, 3.8) is 0 Å². The summed E-state index contributed by atoms with van der Waals surface area (Å²) >= 11 is 0. The van der Waals surface area contributed by atoms with Gasteiger partial charge >= 0.3 is 0 Å². The van der Waals surface area contributed by atoms with E-state index in [4.69, 9.17) is 10.8 Å². The number of primary amides is 1. The summed E-state index contributed by atoms with van der Waals surface area (Å²) in [5, 5.41) is 47.2. The first-order valence-corrected chi connectivity index (χ1v) is 9.67. The number of hydrogen-bond acceptors (Lipinski definition) is 10. The highest BCUT2D eigenvalue weighted by Gasteiger charge is 2.27. The van der Waals surface area contributed by atoms with Crippen LogP contribution in [-0.4, -0.2) is 114 Å². The van der Waals surface area contributed by atoms with E-state index in [0.717, 1.165) is 0 Å². The van der Waals surface area contributed by atoms with Crippen LogP contribution in [0.3, 0.4) is 0 Å². The molecule has 0 fully saturated rings. The maximum Gasteiger partial charge on any atom is 0.245 e. The molecular weight excluding hydrogens is 448 g/mol. The van der Waals surface area contributed by atoms with Crippen molar-refractivity contribution in [3.8, 4) is 0 Å². The van der Waals surface area contributed by atoms with E-state index < -0.39 is 99.0 Å². The molecule has 16 heteroatoms. The molecule has 0 saturated carbocycles. The molecule has 4 atom stereocenters. The lowest BCUT2D eigenvalue weighted by Crippen LogP contribution is -2.58. The number of rotatable bonds is 15. The van der Waals surface area contributed by atoms with E-state index in [1.54, 1.807) is 0 Å². The van der Waals surface area contributed by atoms with E-state index in [1.165, 1.54) is 6.92 Å². The first-order chi connectivity index (χ1) is 15.5. The second-order valence-corrected chi connectivity index (χ2v) is 6.78. The Morgan fingerprint density at radius 2 is 1.06 bits per heavy atom. The highest BCUT2D eigenvalue weighted by Crippen LogP contribution is 1.95. The fourth-order valence-electron chi connectivity index (χ4n) is 2.08. The van der Waals surface area contributed by atoms with Crippen LogP contribution in [0.1, 0.15) is 6.92 Å². The summed E-state index contributed by atoms with van der Waals surface area (Å²) in [6, 6.07) is -4.47. The Kier molecular flexibility index (Phi) is 13.9. The third-order valence-electron chi connectivity index (χ3n) is 4.05. The van der Waals surface area contributed by atoms with E-state index in [2.05, 4.69) is 26.6 Å². The van der Waals surface area contributed by atoms with E-state index >= 15 is 0 Å². The molecule has 0 aliphatic rings. The molecule has 33 heavy (non-hydrogen) atoms. The van der Waals surface area contributed by atoms with Crippen LogP contribution in [0.15, 0.2) is 0 Å². The first kappa shape index (κ1) is 29.7. The highest BCUT2D eigenvalue weighted by atomic mass is 16.3. The zero-order chi connectivity index (χ0) is 25.6. The molecule has 0 aliphatic carbocycles. The minimum absolute atomic E-state index is 0.484. The molecule has 0 bridgehead atoms. The van der Waals surface area contributed by atoms with Crippen molar-refractivity contribution in [2.24, 2.45) is 11.7 Å². The van der Waals surface area contributed by atoms with Crippen molar-refractivity contribution in [2.75, 3.05) is 39.5 Å². The molecule has 16 nitrogen and oxygen atoms in total.